The Morgan fingerprint density at radius 1 is 1.25 bits per heavy atom. The minimum atomic E-state index is -0.232. The fourth-order valence-electron chi connectivity index (χ4n) is 1.35. The van der Waals surface area contributed by atoms with Gasteiger partial charge in [0.05, 0.1) is 13.2 Å². The van der Waals surface area contributed by atoms with Crippen molar-refractivity contribution in [2.24, 2.45) is 11.8 Å². The number of rotatable bonds is 2. The lowest BCUT2D eigenvalue weighted by atomic mass is 10.00. The average molecular weight is 171 g/mol. The second kappa shape index (κ2) is 3.23. The predicted molar refractivity (Wildman–Crippen MR) is 42.1 cm³/mol. The van der Waals surface area contributed by atoms with Crippen molar-refractivity contribution in [2.75, 3.05) is 13.2 Å². The van der Waals surface area contributed by atoms with Gasteiger partial charge in [0.2, 0.25) is 11.8 Å². The Balaban J connectivity index is 2.76. The minimum Gasteiger partial charge on any atom is -0.395 e. The van der Waals surface area contributed by atoms with Crippen molar-refractivity contribution in [1.82, 2.24) is 4.90 Å². The van der Waals surface area contributed by atoms with Crippen molar-refractivity contribution in [3.63, 3.8) is 0 Å². The van der Waals surface area contributed by atoms with Gasteiger partial charge in [-0.1, -0.05) is 13.8 Å². The molecule has 4 nitrogen and oxygen atoms in total. The summed E-state index contributed by atoms with van der Waals surface area (Å²) in [5.74, 6) is -0.795. The molecule has 68 valence electrons. The molecule has 0 aromatic rings. The number of aliphatic hydroxyl groups is 1. The minimum absolute atomic E-state index is 0.131. The van der Waals surface area contributed by atoms with E-state index in [0.717, 1.165) is 4.90 Å². The van der Waals surface area contributed by atoms with Crippen LogP contribution in [0.4, 0.5) is 0 Å². The van der Waals surface area contributed by atoms with Crippen LogP contribution in [0.25, 0.3) is 0 Å². The van der Waals surface area contributed by atoms with Crippen LogP contribution in [0.15, 0.2) is 0 Å². The zero-order valence-electron chi connectivity index (χ0n) is 7.28. The normalized spacial score (nSPS) is 30.1. The van der Waals surface area contributed by atoms with Crippen molar-refractivity contribution < 1.29 is 14.7 Å². The van der Waals surface area contributed by atoms with E-state index in [0.29, 0.717) is 0 Å². The molecule has 1 rings (SSSR count). The van der Waals surface area contributed by atoms with Crippen LogP contribution < -0.4 is 0 Å². The Labute approximate surface area is 71.2 Å². The lowest BCUT2D eigenvalue weighted by Gasteiger charge is -2.11. The molecule has 0 aliphatic carbocycles. The maximum atomic E-state index is 11.3. The Morgan fingerprint density at radius 3 is 2.00 bits per heavy atom. The Bertz CT molecular complexity index is 194. The van der Waals surface area contributed by atoms with Gasteiger partial charge in [0, 0.05) is 11.8 Å². The second-order valence-corrected chi connectivity index (χ2v) is 3.13. The summed E-state index contributed by atoms with van der Waals surface area (Å²) in [5.41, 5.74) is 0. The molecule has 1 fully saturated rings. The maximum Gasteiger partial charge on any atom is 0.232 e. The standard InChI is InChI=1S/C8H13NO3/c1-5-6(2)8(12)9(3-4-10)7(5)11/h5-6,10H,3-4H2,1-2H3/t5-,6+. The first-order valence-electron chi connectivity index (χ1n) is 4.05. The fraction of sp³-hybridized carbons (Fsp3) is 0.750. The van der Waals surface area contributed by atoms with Gasteiger partial charge in [0.25, 0.3) is 0 Å². The molecular formula is C8H13NO3. The fourth-order valence-corrected chi connectivity index (χ4v) is 1.35. The van der Waals surface area contributed by atoms with E-state index in [1.807, 2.05) is 0 Å². The van der Waals surface area contributed by atoms with E-state index in [2.05, 4.69) is 0 Å². The smallest absolute Gasteiger partial charge is 0.232 e. The molecular weight excluding hydrogens is 158 g/mol. The summed E-state index contributed by atoms with van der Waals surface area (Å²) in [5, 5.41) is 8.59. The molecule has 0 saturated carbocycles. The maximum absolute atomic E-state index is 11.3. The quantitative estimate of drug-likeness (QED) is 0.576. The summed E-state index contributed by atoms with van der Waals surface area (Å²) in [7, 11) is 0. The van der Waals surface area contributed by atoms with E-state index in [1.54, 1.807) is 13.8 Å². The van der Waals surface area contributed by atoms with E-state index in [-0.39, 0.29) is 36.8 Å². The van der Waals surface area contributed by atoms with Crippen molar-refractivity contribution in [2.45, 2.75) is 13.8 Å². The van der Waals surface area contributed by atoms with E-state index >= 15 is 0 Å². The number of amides is 2. The average Bonchev–Trinajstić information content (AvgIpc) is 2.23. The zero-order valence-corrected chi connectivity index (χ0v) is 7.28. The van der Waals surface area contributed by atoms with Crippen LogP contribution in [-0.2, 0) is 9.59 Å². The van der Waals surface area contributed by atoms with Gasteiger partial charge >= 0.3 is 0 Å². The van der Waals surface area contributed by atoms with E-state index in [9.17, 15) is 9.59 Å². The molecule has 0 aromatic heterocycles. The molecule has 1 heterocycles. The molecule has 1 aliphatic heterocycles. The van der Waals surface area contributed by atoms with Crippen molar-refractivity contribution in [1.29, 1.82) is 0 Å². The van der Waals surface area contributed by atoms with Crippen molar-refractivity contribution in [3.05, 3.63) is 0 Å². The van der Waals surface area contributed by atoms with Crippen LogP contribution in [0.3, 0.4) is 0 Å². The molecule has 0 spiro atoms. The first-order valence-corrected chi connectivity index (χ1v) is 4.05. The third kappa shape index (κ3) is 1.22. The molecule has 2 amide bonds. The van der Waals surface area contributed by atoms with Crippen LogP contribution in [0, 0.1) is 11.8 Å². The Hall–Kier alpha value is -0.900. The molecule has 0 radical (unpaired) electrons. The topological polar surface area (TPSA) is 57.6 Å². The molecule has 0 aromatic carbocycles. The molecule has 1 aliphatic rings. The summed E-state index contributed by atoms with van der Waals surface area (Å²) < 4.78 is 0. The number of carbonyl (C=O) groups is 2. The van der Waals surface area contributed by atoms with Crippen molar-refractivity contribution in [3.8, 4) is 0 Å². The number of aliphatic hydroxyl groups excluding tert-OH is 1. The molecule has 4 heteroatoms. The largest absolute Gasteiger partial charge is 0.395 e. The van der Waals surface area contributed by atoms with Gasteiger partial charge in [-0.05, 0) is 0 Å². The number of nitrogens with zero attached hydrogens (tertiary/aromatic N) is 1. The molecule has 0 unspecified atom stereocenters. The van der Waals surface area contributed by atoms with Gasteiger partial charge < -0.3 is 5.11 Å². The first kappa shape index (κ1) is 9.19. The number of β-amino-alcohol motifs (C(OH)–C–C–N with tert-alkyl or cyclic N) is 1. The molecule has 1 saturated heterocycles. The number of likely N-dealkylation sites (tertiary alicyclic amines) is 1. The van der Waals surface area contributed by atoms with Crippen LogP contribution >= 0.6 is 0 Å². The summed E-state index contributed by atoms with van der Waals surface area (Å²) in [4.78, 5) is 23.8. The molecule has 2 atom stereocenters. The molecule has 0 bridgehead atoms. The van der Waals surface area contributed by atoms with Gasteiger partial charge in [0.1, 0.15) is 0 Å². The summed E-state index contributed by atoms with van der Waals surface area (Å²) in [6.07, 6.45) is 0. The van der Waals surface area contributed by atoms with Gasteiger partial charge in [0.15, 0.2) is 0 Å². The Kier molecular flexibility index (Phi) is 2.47. The second-order valence-electron chi connectivity index (χ2n) is 3.13. The highest BCUT2D eigenvalue weighted by molar-refractivity contribution is 6.04. The lowest BCUT2D eigenvalue weighted by Crippen LogP contribution is -2.33. The monoisotopic (exact) mass is 171 g/mol. The Morgan fingerprint density at radius 2 is 1.67 bits per heavy atom. The lowest BCUT2D eigenvalue weighted by molar-refractivity contribution is -0.140. The van der Waals surface area contributed by atoms with Gasteiger partial charge in [-0.3, -0.25) is 14.5 Å². The number of imide groups is 1. The number of hydrogen-bond acceptors (Lipinski definition) is 3. The third-order valence-corrected chi connectivity index (χ3v) is 2.38. The van der Waals surface area contributed by atoms with Gasteiger partial charge in [-0.15, -0.1) is 0 Å². The van der Waals surface area contributed by atoms with Gasteiger partial charge in [-0.25, -0.2) is 0 Å². The number of hydrogen-bond donors (Lipinski definition) is 1. The zero-order chi connectivity index (χ0) is 9.30. The summed E-state index contributed by atoms with van der Waals surface area (Å²) in [6.45, 7) is 3.45. The third-order valence-electron chi connectivity index (χ3n) is 2.38. The highest BCUT2D eigenvalue weighted by Crippen LogP contribution is 2.24. The van der Waals surface area contributed by atoms with E-state index in [1.165, 1.54) is 0 Å². The highest BCUT2D eigenvalue weighted by atomic mass is 16.3. The molecule has 12 heavy (non-hydrogen) atoms. The van der Waals surface area contributed by atoms with E-state index in [4.69, 9.17) is 5.11 Å². The van der Waals surface area contributed by atoms with Crippen LogP contribution in [-0.4, -0.2) is 35.0 Å². The van der Waals surface area contributed by atoms with Crippen molar-refractivity contribution >= 4 is 11.8 Å². The highest BCUT2D eigenvalue weighted by Gasteiger charge is 2.41. The summed E-state index contributed by atoms with van der Waals surface area (Å²) >= 11 is 0. The van der Waals surface area contributed by atoms with Crippen LogP contribution in [0.5, 0.6) is 0 Å². The number of carbonyl (C=O) groups excluding carboxylic acids is 2. The van der Waals surface area contributed by atoms with E-state index < -0.39 is 0 Å². The first-order chi connectivity index (χ1) is 5.59. The van der Waals surface area contributed by atoms with Gasteiger partial charge in [-0.2, -0.15) is 0 Å². The molecule has 1 N–H and O–H groups in total. The SMILES string of the molecule is C[C@@H]1C(=O)N(CCO)C(=O)[C@@H]1C. The predicted octanol–water partition coefficient (Wildman–Crippen LogP) is -0.380. The van der Waals surface area contributed by atoms with Crippen LogP contribution in [0.1, 0.15) is 13.8 Å². The summed E-state index contributed by atoms with van der Waals surface area (Å²) in [6, 6.07) is 0. The van der Waals surface area contributed by atoms with Crippen LogP contribution in [0.2, 0.25) is 0 Å².